The summed E-state index contributed by atoms with van der Waals surface area (Å²) in [6.07, 6.45) is -1.72. The van der Waals surface area contributed by atoms with Gasteiger partial charge in [0.25, 0.3) is 0 Å². The second kappa shape index (κ2) is 5.44. The van der Waals surface area contributed by atoms with Gasteiger partial charge in [-0.2, -0.15) is 13.2 Å². The van der Waals surface area contributed by atoms with E-state index in [1.807, 2.05) is 0 Å². The van der Waals surface area contributed by atoms with Crippen LogP contribution in [0.3, 0.4) is 0 Å². The average Bonchev–Trinajstić information content (AvgIpc) is 2.47. The average molecular weight is 323 g/mol. The van der Waals surface area contributed by atoms with Gasteiger partial charge in [0.1, 0.15) is 11.5 Å². The zero-order chi connectivity index (χ0) is 16.7. The molecule has 2 nitrogen and oxygen atoms in total. The Hall–Kier alpha value is -2.24. The molecule has 0 bridgehead atoms. The number of benzene rings is 1. The van der Waals surface area contributed by atoms with Crippen molar-refractivity contribution in [2.75, 3.05) is 0 Å². The van der Waals surface area contributed by atoms with Crippen molar-refractivity contribution in [2.24, 2.45) is 0 Å². The Bertz CT molecular complexity index is 736. The summed E-state index contributed by atoms with van der Waals surface area (Å²) in [6.45, 7) is 0. The number of carbonyl (C=O) groups excluding carboxylic acids is 1. The molecule has 0 radical (unpaired) electrons. The summed E-state index contributed by atoms with van der Waals surface area (Å²) in [4.78, 5) is 16.8. The molecule has 1 aliphatic rings. The largest absolute Gasteiger partial charge is 0.419 e. The fourth-order valence-electron chi connectivity index (χ4n) is 2.96. The van der Waals surface area contributed by atoms with Gasteiger partial charge < -0.3 is 0 Å². The van der Waals surface area contributed by atoms with Crippen LogP contribution in [0.25, 0.3) is 0 Å². The van der Waals surface area contributed by atoms with E-state index in [0.29, 0.717) is 12.8 Å². The maximum atomic E-state index is 13.5. The molecule has 120 valence electrons. The number of aromatic nitrogens is 1. The fourth-order valence-corrected chi connectivity index (χ4v) is 2.96. The maximum absolute atomic E-state index is 13.5. The zero-order valence-electron chi connectivity index (χ0n) is 12.0. The molecule has 0 unspecified atom stereocenters. The summed E-state index contributed by atoms with van der Waals surface area (Å²) in [7, 11) is 0. The summed E-state index contributed by atoms with van der Waals surface area (Å²) in [6, 6.07) is 7.66. The number of pyridine rings is 1. The normalized spacial score (nSPS) is 16.7. The van der Waals surface area contributed by atoms with E-state index >= 15 is 0 Å². The van der Waals surface area contributed by atoms with E-state index in [1.165, 1.54) is 18.3 Å². The van der Waals surface area contributed by atoms with E-state index in [0.717, 1.165) is 18.6 Å². The van der Waals surface area contributed by atoms with Crippen molar-refractivity contribution < 1.29 is 22.4 Å². The Kier molecular flexibility index (Phi) is 3.70. The van der Waals surface area contributed by atoms with Gasteiger partial charge in [-0.1, -0.05) is 18.6 Å². The summed E-state index contributed by atoms with van der Waals surface area (Å²) in [5, 5.41) is 0. The number of halogens is 4. The highest BCUT2D eigenvalue weighted by atomic mass is 19.4. The first-order chi connectivity index (χ1) is 10.8. The first kappa shape index (κ1) is 15.6. The highest BCUT2D eigenvalue weighted by Crippen LogP contribution is 2.47. The lowest BCUT2D eigenvalue weighted by Gasteiger charge is -2.41. The van der Waals surface area contributed by atoms with Crippen LogP contribution in [0.1, 0.15) is 40.9 Å². The maximum Gasteiger partial charge on any atom is 0.419 e. The summed E-state index contributed by atoms with van der Waals surface area (Å²) >= 11 is 0. The van der Waals surface area contributed by atoms with Crippen LogP contribution in [0, 0.1) is 5.82 Å². The molecule has 0 aliphatic heterocycles. The number of Topliss-reactive ketones (excluding diaryl/α,β-unsaturated/α-hetero) is 1. The SMILES string of the molecule is O=C(c1ccccn1)C1(c2ccc(F)c(C(F)(F)F)c2)CCC1. The van der Waals surface area contributed by atoms with Crippen LogP contribution >= 0.6 is 0 Å². The van der Waals surface area contributed by atoms with Gasteiger partial charge in [0.15, 0.2) is 5.78 Å². The van der Waals surface area contributed by atoms with E-state index in [1.54, 1.807) is 12.1 Å². The molecular formula is C17H13F4NO. The molecule has 0 amide bonds. The molecule has 1 aromatic carbocycles. The van der Waals surface area contributed by atoms with Crippen LogP contribution in [0.2, 0.25) is 0 Å². The van der Waals surface area contributed by atoms with E-state index in [2.05, 4.69) is 4.98 Å². The van der Waals surface area contributed by atoms with E-state index < -0.39 is 23.0 Å². The lowest BCUT2D eigenvalue weighted by molar-refractivity contribution is -0.140. The molecule has 1 fully saturated rings. The Balaban J connectivity index is 2.06. The molecule has 0 saturated heterocycles. The molecule has 1 saturated carbocycles. The monoisotopic (exact) mass is 323 g/mol. The van der Waals surface area contributed by atoms with Crippen LogP contribution < -0.4 is 0 Å². The van der Waals surface area contributed by atoms with Crippen LogP contribution in [-0.4, -0.2) is 10.8 Å². The highest BCUT2D eigenvalue weighted by molar-refractivity contribution is 6.03. The molecule has 1 aromatic heterocycles. The Morgan fingerprint density at radius 3 is 2.39 bits per heavy atom. The lowest BCUT2D eigenvalue weighted by atomic mass is 9.61. The predicted octanol–water partition coefficient (Wildman–Crippen LogP) is 4.54. The predicted molar refractivity (Wildman–Crippen MR) is 75.5 cm³/mol. The molecule has 0 spiro atoms. The third-order valence-corrected chi connectivity index (χ3v) is 4.36. The van der Waals surface area contributed by atoms with Gasteiger partial charge in [-0.3, -0.25) is 9.78 Å². The molecule has 1 heterocycles. The van der Waals surface area contributed by atoms with Crippen LogP contribution in [-0.2, 0) is 11.6 Å². The number of alkyl halides is 3. The van der Waals surface area contributed by atoms with Gasteiger partial charge in [-0.25, -0.2) is 4.39 Å². The molecule has 23 heavy (non-hydrogen) atoms. The van der Waals surface area contributed by atoms with Crippen molar-refractivity contribution in [1.29, 1.82) is 0 Å². The summed E-state index contributed by atoms with van der Waals surface area (Å²) in [5.41, 5.74) is -1.96. The summed E-state index contributed by atoms with van der Waals surface area (Å²) < 4.78 is 52.3. The second-order valence-corrected chi connectivity index (χ2v) is 5.67. The molecule has 2 aromatic rings. The Labute approximate surface area is 130 Å². The molecule has 6 heteroatoms. The number of hydrogen-bond donors (Lipinski definition) is 0. The zero-order valence-corrected chi connectivity index (χ0v) is 12.0. The van der Waals surface area contributed by atoms with Crippen molar-refractivity contribution in [3.8, 4) is 0 Å². The minimum absolute atomic E-state index is 0.202. The van der Waals surface area contributed by atoms with Crippen molar-refractivity contribution in [2.45, 2.75) is 30.9 Å². The second-order valence-electron chi connectivity index (χ2n) is 5.67. The van der Waals surface area contributed by atoms with Gasteiger partial charge in [-0.05, 0) is 42.7 Å². The highest BCUT2D eigenvalue weighted by Gasteiger charge is 2.47. The number of nitrogens with zero attached hydrogens (tertiary/aromatic N) is 1. The minimum Gasteiger partial charge on any atom is -0.291 e. The molecular weight excluding hydrogens is 310 g/mol. The first-order valence-corrected chi connectivity index (χ1v) is 7.18. The standard InChI is InChI=1S/C17H13F4NO/c18-13-6-5-11(10-12(13)17(19,20)21)16(7-3-8-16)15(23)14-4-1-2-9-22-14/h1-2,4-6,9-10H,3,7-8H2. The number of ketones is 1. The van der Waals surface area contributed by atoms with Crippen molar-refractivity contribution in [3.05, 3.63) is 65.2 Å². The van der Waals surface area contributed by atoms with Crippen LogP contribution in [0.4, 0.5) is 17.6 Å². The van der Waals surface area contributed by atoms with Gasteiger partial charge in [0, 0.05) is 6.20 Å². The lowest BCUT2D eigenvalue weighted by Crippen LogP contribution is -2.43. The van der Waals surface area contributed by atoms with Gasteiger partial charge in [0.2, 0.25) is 0 Å². The quantitative estimate of drug-likeness (QED) is 0.613. The van der Waals surface area contributed by atoms with Gasteiger partial charge >= 0.3 is 6.18 Å². The van der Waals surface area contributed by atoms with Crippen LogP contribution in [0.15, 0.2) is 42.6 Å². The van der Waals surface area contributed by atoms with Crippen molar-refractivity contribution in [3.63, 3.8) is 0 Å². The third-order valence-electron chi connectivity index (χ3n) is 4.36. The first-order valence-electron chi connectivity index (χ1n) is 7.18. The molecule has 0 atom stereocenters. The van der Waals surface area contributed by atoms with E-state index in [-0.39, 0.29) is 17.0 Å². The Morgan fingerprint density at radius 2 is 1.87 bits per heavy atom. The number of carbonyl (C=O) groups is 1. The minimum atomic E-state index is -4.79. The van der Waals surface area contributed by atoms with Gasteiger partial charge in [-0.15, -0.1) is 0 Å². The van der Waals surface area contributed by atoms with E-state index in [9.17, 15) is 22.4 Å². The smallest absolute Gasteiger partial charge is 0.291 e. The topological polar surface area (TPSA) is 30.0 Å². The number of rotatable bonds is 3. The van der Waals surface area contributed by atoms with Crippen molar-refractivity contribution in [1.82, 2.24) is 4.98 Å². The number of hydrogen-bond acceptors (Lipinski definition) is 2. The van der Waals surface area contributed by atoms with E-state index in [4.69, 9.17) is 0 Å². The van der Waals surface area contributed by atoms with Crippen LogP contribution in [0.5, 0.6) is 0 Å². The molecule has 1 aliphatic carbocycles. The molecule has 0 N–H and O–H groups in total. The summed E-state index contributed by atoms with van der Waals surface area (Å²) in [5.74, 6) is -1.65. The van der Waals surface area contributed by atoms with Gasteiger partial charge in [0.05, 0.1) is 11.0 Å². The van der Waals surface area contributed by atoms with Crippen molar-refractivity contribution >= 4 is 5.78 Å². The molecule has 3 rings (SSSR count). The fraction of sp³-hybridized carbons (Fsp3) is 0.294. The Morgan fingerprint density at radius 1 is 1.13 bits per heavy atom. The third kappa shape index (κ3) is 2.62.